The summed E-state index contributed by atoms with van der Waals surface area (Å²) >= 11 is 10.4. The zero-order valence-corrected chi connectivity index (χ0v) is 13.4. The largest absolute Gasteiger partial charge is 0.417 e. The van der Waals surface area contributed by atoms with E-state index in [2.05, 4.69) is 11.1 Å². The summed E-state index contributed by atoms with van der Waals surface area (Å²) in [6.45, 7) is 0. The molecule has 3 nitrogen and oxygen atoms in total. The van der Waals surface area contributed by atoms with Gasteiger partial charge in [0.15, 0.2) is 5.58 Å². The molecule has 0 aliphatic carbocycles. The Morgan fingerprint density at radius 1 is 1.33 bits per heavy atom. The van der Waals surface area contributed by atoms with Crippen molar-refractivity contribution in [3.05, 3.63) is 55.7 Å². The van der Waals surface area contributed by atoms with Crippen LogP contribution >= 0.6 is 34.7 Å². The Morgan fingerprint density at radius 3 is 3.10 bits per heavy atom. The van der Waals surface area contributed by atoms with E-state index in [0.29, 0.717) is 11.1 Å². The van der Waals surface area contributed by atoms with Gasteiger partial charge in [0, 0.05) is 15.5 Å². The minimum atomic E-state index is -0.433. The second-order valence-electron chi connectivity index (χ2n) is 5.03. The van der Waals surface area contributed by atoms with Crippen LogP contribution in [0.4, 0.5) is 0 Å². The van der Waals surface area contributed by atoms with Gasteiger partial charge in [0.25, 0.3) is 0 Å². The molecule has 3 heterocycles. The van der Waals surface area contributed by atoms with E-state index >= 15 is 0 Å². The fourth-order valence-electron chi connectivity index (χ4n) is 2.58. The van der Waals surface area contributed by atoms with E-state index in [4.69, 9.17) is 16.0 Å². The fraction of sp³-hybridized carbons (Fsp3) is 0.267. The predicted octanol–water partition coefficient (Wildman–Crippen LogP) is 4.30. The maximum atomic E-state index is 11.2. The van der Waals surface area contributed by atoms with E-state index in [-0.39, 0.29) is 5.38 Å². The number of thiophene rings is 1. The molecule has 0 radical (unpaired) electrons. The Balaban J connectivity index is 1.73. The van der Waals surface area contributed by atoms with Crippen molar-refractivity contribution in [2.45, 2.75) is 17.6 Å². The Hall–Kier alpha value is -1.17. The molecule has 1 aromatic carbocycles. The summed E-state index contributed by atoms with van der Waals surface area (Å²) in [6.07, 6.45) is 1.14. The van der Waals surface area contributed by atoms with Gasteiger partial charge in [0.2, 0.25) is 0 Å². The average Bonchev–Trinajstić information content (AvgIpc) is 3.07. The molecule has 21 heavy (non-hydrogen) atoms. The van der Waals surface area contributed by atoms with Gasteiger partial charge in [0.05, 0.1) is 10.9 Å². The molecule has 0 spiro atoms. The molecule has 6 heteroatoms. The lowest BCUT2D eigenvalue weighted by atomic mass is 10.1. The van der Waals surface area contributed by atoms with Crippen LogP contribution < -0.4 is 5.76 Å². The quantitative estimate of drug-likeness (QED) is 0.709. The number of rotatable bonds is 2. The Labute approximate surface area is 134 Å². The third-order valence-electron chi connectivity index (χ3n) is 3.63. The third kappa shape index (κ3) is 2.43. The first-order valence-corrected chi connectivity index (χ1v) is 9.07. The number of halogens is 1. The Kier molecular flexibility index (Phi) is 3.36. The van der Waals surface area contributed by atoms with Crippen LogP contribution in [0.25, 0.3) is 11.1 Å². The minimum Gasteiger partial charge on any atom is -0.408 e. The molecule has 1 unspecified atom stereocenters. The number of hydrogen-bond donors (Lipinski definition) is 1. The number of oxazole rings is 1. The molecular weight excluding hydrogens is 326 g/mol. The van der Waals surface area contributed by atoms with Crippen LogP contribution in [0.1, 0.15) is 26.3 Å². The second-order valence-corrected chi connectivity index (χ2v) is 7.74. The fourth-order valence-corrected chi connectivity index (χ4v) is 5.29. The zero-order chi connectivity index (χ0) is 14.4. The number of hydrogen-bond acceptors (Lipinski definition) is 4. The first-order chi connectivity index (χ1) is 10.2. The van der Waals surface area contributed by atoms with E-state index in [9.17, 15) is 4.79 Å². The molecule has 1 aliphatic rings. The molecule has 2 aromatic heterocycles. The molecule has 0 saturated heterocycles. The van der Waals surface area contributed by atoms with Crippen molar-refractivity contribution in [1.29, 1.82) is 0 Å². The van der Waals surface area contributed by atoms with Gasteiger partial charge in [-0.25, -0.2) is 4.79 Å². The smallest absolute Gasteiger partial charge is 0.408 e. The summed E-state index contributed by atoms with van der Waals surface area (Å²) in [5, 5.41) is -0.199. The van der Waals surface area contributed by atoms with Gasteiger partial charge in [-0.1, -0.05) is 6.07 Å². The van der Waals surface area contributed by atoms with Crippen LogP contribution in [0.15, 0.2) is 33.5 Å². The van der Waals surface area contributed by atoms with E-state index < -0.39 is 5.76 Å². The van der Waals surface area contributed by atoms with E-state index in [1.807, 2.05) is 30.0 Å². The van der Waals surface area contributed by atoms with E-state index in [0.717, 1.165) is 17.7 Å². The molecule has 1 atom stereocenters. The van der Waals surface area contributed by atoms with Crippen molar-refractivity contribution < 1.29 is 4.42 Å². The summed E-state index contributed by atoms with van der Waals surface area (Å²) in [6, 6.07) is 7.85. The third-order valence-corrected chi connectivity index (χ3v) is 6.56. The lowest BCUT2D eigenvalue weighted by Gasteiger charge is -2.08. The highest BCUT2D eigenvalue weighted by Crippen LogP contribution is 2.39. The van der Waals surface area contributed by atoms with Crippen molar-refractivity contribution in [3.8, 4) is 0 Å². The molecule has 4 rings (SSSR count). The maximum absolute atomic E-state index is 11.2. The highest BCUT2D eigenvalue weighted by atomic mass is 35.5. The molecule has 108 valence electrons. The Bertz CT molecular complexity index is 841. The molecular formula is C15H12ClNO2S2. The highest BCUT2D eigenvalue weighted by molar-refractivity contribution is 7.98. The topological polar surface area (TPSA) is 46.0 Å². The van der Waals surface area contributed by atoms with Gasteiger partial charge >= 0.3 is 5.76 Å². The summed E-state index contributed by atoms with van der Waals surface area (Å²) in [5.41, 5.74) is 3.64. The van der Waals surface area contributed by atoms with Crippen LogP contribution in [-0.2, 0) is 12.2 Å². The van der Waals surface area contributed by atoms with Crippen LogP contribution in [0.2, 0.25) is 0 Å². The van der Waals surface area contributed by atoms with Crippen molar-refractivity contribution >= 4 is 45.8 Å². The lowest BCUT2D eigenvalue weighted by Crippen LogP contribution is -1.96. The van der Waals surface area contributed by atoms with Crippen molar-refractivity contribution in [3.63, 3.8) is 0 Å². The normalized spacial score (nSPS) is 16.0. The van der Waals surface area contributed by atoms with Gasteiger partial charge in [-0.05, 0) is 41.5 Å². The molecule has 0 saturated carbocycles. The Morgan fingerprint density at radius 2 is 2.24 bits per heavy atom. The first kappa shape index (κ1) is 13.5. The minimum absolute atomic E-state index is 0.199. The van der Waals surface area contributed by atoms with Crippen LogP contribution in [0.5, 0.6) is 0 Å². The first-order valence-electron chi connectivity index (χ1n) is 6.67. The second kappa shape index (κ2) is 5.23. The summed E-state index contributed by atoms with van der Waals surface area (Å²) in [7, 11) is 0. The van der Waals surface area contributed by atoms with Crippen LogP contribution in [-0.4, -0.2) is 10.7 Å². The standard InChI is InChI=1S/C15H12ClNO2S2/c16-14(13-6-9-7-20-4-3-12(9)21-13)8-1-2-10-11(5-8)19-15(18)17-10/h1-2,5-6,14H,3-4,7H2,(H,17,18). The number of nitrogens with one attached hydrogen (secondary N) is 1. The lowest BCUT2D eigenvalue weighted by molar-refractivity contribution is 0.555. The maximum Gasteiger partial charge on any atom is 0.417 e. The zero-order valence-electron chi connectivity index (χ0n) is 11.0. The highest BCUT2D eigenvalue weighted by Gasteiger charge is 2.19. The van der Waals surface area contributed by atoms with Gasteiger partial charge in [-0.2, -0.15) is 11.8 Å². The molecule has 0 amide bonds. The summed E-state index contributed by atoms with van der Waals surface area (Å²) < 4.78 is 5.11. The summed E-state index contributed by atoms with van der Waals surface area (Å²) in [5.74, 6) is 1.85. The van der Waals surface area contributed by atoms with E-state index in [1.165, 1.54) is 21.1 Å². The van der Waals surface area contributed by atoms with Gasteiger partial charge in [0.1, 0.15) is 0 Å². The van der Waals surface area contributed by atoms with Crippen molar-refractivity contribution in [2.24, 2.45) is 0 Å². The van der Waals surface area contributed by atoms with Crippen molar-refractivity contribution in [1.82, 2.24) is 4.98 Å². The molecule has 0 bridgehead atoms. The number of alkyl halides is 1. The van der Waals surface area contributed by atoms with E-state index in [1.54, 1.807) is 11.3 Å². The number of thioether (sulfide) groups is 1. The number of fused-ring (bicyclic) bond motifs is 2. The van der Waals surface area contributed by atoms with Gasteiger partial charge in [-0.15, -0.1) is 22.9 Å². The van der Waals surface area contributed by atoms with Crippen molar-refractivity contribution in [2.75, 3.05) is 5.75 Å². The number of H-pyrrole nitrogens is 1. The average molecular weight is 338 g/mol. The SMILES string of the molecule is O=c1[nH]c2ccc(C(Cl)c3cc4c(s3)CCSC4)cc2o1. The molecule has 1 aliphatic heterocycles. The number of aromatic nitrogens is 1. The molecule has 0 fully saturated rings. The monoisotopic (exact) mass is 337 g/mol. The number of aryl methyl sites for hydroxylation is 1. The van der Waals surface area contributed by atoms with Crippen LogP contribution in [0.3, 0.4) is 0 Å². The van der Waals surface area contributed by atoms with Gasteiger partial charge in [-0.3, -0.25) is 4.98 Å². The number of benzene rings is 1. The van der Waals surface area contributed by atoms with Gasteiger partial charge < -0.3 is 4.42 Å². The molecule has 3 aromatic rings. The van der Waals surface area contributed by atoms with Crippen LogP contribution in [0, 0.1) is 0 Å². The predicted molar refractivity (Wildman–Crippen MR) is 88.7 cm³/mol. The molecule has 1 N–H and O–H groups in total. The number of aromatic amines is 1. The summed E-state index contributed by atoms with van der Waals surface area (Å²) in [4.78, 5) is 16.5.